The summed E-state index contributed by atoms with van der Waals surface area (Å²) in [6, 6.07) is 20.2. The average molecular weight is 440 g/mol. The van der Waals surface area contributed by atoms with Crippen LogP contribution >= 0.6 is 0 Å². The Morgan fingerprint density at radius 2 is 1.42 bits per heavy atom. The van der Waals surface area contributed by atoms with Gasteiger partial charge in [-0.25, -0.2) is 0 Å². The quantitative estimate of drug-likeness (QED) is 0.384. The Kier molecular flexibility index (Phi) is 18.6. The van der Waals surface area contributed by atoms with Crippen LogP contribution in [0.15, 0.2) is 60.7 Å². The third-order valence-electron chi connectivity index (χ3n) is 3.26. The molecule has 2 radical (unpaired) electrons. The first-order chi connectivity index (χ1) is 11.0. The average Bonchev–Trinajstić information content (AvgIpc) is 2.96. The van der Waals surface area contributed by atoms with E-state index in [0.717, 1.165) is 20.6 Å². The number of amides is 1. The van der Waals surface area contributed by atoms with Gasteiger partial charge in [0.15, 0.2) is 0 Å². The minimum atomic E-state index is -0.597. The molecule has 3 aromatic carbocycles. The van der Waals surface area contributed by atoms with Gasteiger partial charge in [-0.1, -0.05) is 37.4 Å². The second-order valence-electron chi connectivity index (χ2n) is 5.25. The van der Waals surface area contributed by atoms with Crippen LogP contribution in [0, 0.1) is 13.8 Å². The molecule has 6 heteroatoms. The van der Waals surface area contributed by atoms with Crippen LogP contribution in [0.3, 0.4) is 0 Å². The molecule has 3 aromatic rings. The summed E-state index contributed by atoms with van der Waals surface area (Å²) in [5.74, 6) is -0.597. The molecule has 0 spiro atoms. The van der Waals surface area contributed by atoms with Crippen LogP contribution < -0.4 is 24.8 Å². The van der Waals surface area contributed by atoms with Gasteiger partial charge in [0.25, 0.3) is 0 Å². The van der Waals surface area contributed by atoms with Gasteiger partial charge in [0.05, 0.1) is 5.91 Å². The predicted octanol–water partition coefficient (Wildman–Crippen LogP) is -0.153. The SMILES string of the molecule is C[Si]C.Cc1cccc(C)c1C([NH-])=O.[Cl-].[Cl-].[Ti+4].c1ccc2[cH-]ccc2c1. The van der Waals surface area contributed by atoms with Gasteiger partial charge in [0.2, 0.25) is 0 Å². The molecule has 26 heavy (non-hydrogen) atoms. The molecule has 0 unspecified atom stereocenters. The van der Waals surface area contributed by atoms with Gasteiger partial charge in [0, 0.05) is 15.1 Å². The molecule has 0 saturated carbocycles. The van der Waals surface area contributed by atoms with Gasteiger partial charge in [0.1, 0.15) is 0 Å². The maximum absolute atomic E-state index is 10.8. The van der Waals surface area contributed by atoms with Crippen molar-refractivity contribution in [2.75, 3.05) is 0 Å². The number of fused-ring (bicyclic) bond motifs is 1. The molecule has 0 saturated heterocycles. The fourth-order valence-electron chi connectivity index (χ4n) is 2.24. The van der Waals surface area contributed by atoms with Crippen LogP contribution in [-0.2, 0) is 21.7 Å². The normalized spacial score (nSPS) is 8.31. The summed E-state index contributed by atoms with van der Waals surface area (Å²) in [6.45, 7) is 7.99. The first kappa shape index (κ1) is 29.8. The van der Waals surface area contributed by atoms with Gasteiger partial charge < -0.3 is 35.3 Å². The third kappa shape index (κ3) is 9.65. The van der Waals surface area contributed by atoms with E-state index in [4.69, 9.17) is 5.73 Å². The maximum atomic E-state index is 10.8. The second kappa shape index (κ2) is 16.2. The Morgan fingerprint density at radius 3 is 1.85 bits per heavy atom. The molecular formula is C20H23Cl2NOSiTi. The smallest absolute Gasteiger partial charge is 1.00 e. The predicted molar refractivity (Wildman–Crippen MR) is 102 cm³/mol. The molecule has 1 N–H and O–H groups in total. The Morgan fingerprint density at radius 1 is 0.923 bits per heavy atom. The largest absolute Gasteiger partial charge is 4.00 e. The summed E-state index contributed by atoms with van der Waals surface area (Å²) < 4.78 is 0. The van der Waals surface area contributed by atoms with Gasteiger partial charge >= 0.3 is 21.7 Å². The molecule has 0 aliphatic carbocycles. The molecular weight excluding hydrogens is 417 g/mol. The summed E-state index contributed by atoms with van der Waals surface area (Å²) in [5, 5.41) is 2.66. The molecule has 0 bridgehead atoms. The van der Waals surface area contributed by atoms with E-state index in [1.165, 1.54) is 10.8 Å². The molecule has 3 rings (SSSR count). The van der Waals surface area contributed by atoms with Gasteiger partial charge in [-0.3, -0.25) is 0 Å². The van der Waals surface area contributed by atoms with Crippen LogP contribution in [0.1, 0.15) is 21.5 Å². The van der Waals surface area contributed by atoms with Crippen molar-refractivity contribution in [3.8, 4) is 0 Å². The number of nitrogens with one attached hydrogen (secondary N) is 1. The van der Waals surface area contributed by atoms with Crippen LogP contribution in [0.2, 0.25) is 13.1 Å². The molecule has 0 heterocycles. The minimum absolute atomic E-state index is 0. The fraction of sp³-hybridized carbons (Fsp3) is 0.200. The van der Waals surface area contributed by atoms with Crippen molar-refractivity contribution in [3.63, 3.8) is 0 Å². The van der Waals surface area contributed by atoms with Crippen molar-refractivity contribution in [1.82, 2.24) is 0 Å². The third-order valence-corrected chi connectivity index (χ3v) is 3.26. The first-order valence-electron chi connectivity index (χ1n) is 7.52. The maximum Gasteiger partial charge on any atom is 4.00 e. The molecule has 0 aliphatic rings. The van der Waals surface area contributed by atoms with Crippen molar-refractivity contribution < 1.29 is 51.3 Å². The van der Waals surface area contributed by atoms with E-state index >= 15 is 0 Å². The van der Waals surface area contributed by atoms with Crippen LogP contribution in [0.25, 0.3) is 16.5 Å². The van der Waals surface area contributed by atoms with Crippen molar-refractivity contribution in [3.05, 3.63) is 83.1 Å². The summed E-state index contributed by atoms with van der Waals surface area (Å²) in [5.41, 5.74) is 9.26. The zero-order valence-electron chi connectivity index (χ0n) is 15.4. The van der Waals surface area contributed by atoms with Gasteiger partial charge in [-0.15, -0.1) is 29.7 Å². The van der Waals surface area contributed by atoms with Crippen molar-refractivity contribution in [2.45, 2.75) is 26.9 Å². The molecule has 0 aromatic heterocycles. The first-order valence-corrected chi connectivity index (χ1v) is 9.52. The van der Waals surface area contributed by atoms with E-state index in [-0.39, 0.29) is 46.5 Å². The number of benzene rings is 2. The van der Waals surface area contributed by atoms with Gasteiger partial charge in [-0.05, 0) is 25.0 Å². The Labute approximate surface area is 186 Å². The number of aryl methyl sites for hydroxylation is 2. The van der Waals surface area contributed by atoms with Crippen LogP contribution in [0.4, 0.5) is 0 Å². The molecule has 0 aliphatic heterocycles. The topological polar surface area (TPSA) is 40.9 Å². The molecule has 0 fully saturated rings. The van der Waals surface area contributed by atoms with E-state index in [0.29, 0.717) is 5.56 Å². The Bertz CT molecular complexity index is 712. The Balaban J connectivity index is -0.000000324. The Hall–Kier alpha value is -0.969. The number of rotatable bonds is 1. The van der Waals surface area contributed by atoms with Crippen LogP contribution in [-0.4, -0.2) is 15.4 Å². The van der Waals surface area contributed by atoms with E-state index in [1.807, 2.05) is 32.0 Å². The molecule has 136 valence electrons. The van der Waals surface area contributed by atoms with Crippen LogP contribution in [0.5, 0.6) is 0 Å². The number of halogens is 2. The fourth-order valence-corrected chi connectivity index (χ4v) is 2.24. The zero-order chi connectivity index (χ0) is 17.2. The second-order valence-corrected chi connectivity index (χ2v) is 6.25. The number of hydrogen-bond acceptors (Lipinski definition) is 1. The molecule has 2 nitrogen and oxygen atoms in total. The summed E-state index contributed by atoms with van der Waals surface area (Å²) >= 11 is 0. The molecule has 0 atom stereocenters. The van der Waals surface area contributed by atoms with Crippen molar-refractivity contribution in [2.24, 2.45) is 0 Å². The van der Waals surface area contributed by atoms with Crippen molar-refractivity contribution >= 4 is 26.2 Å². The summed E-state index contributed by atoms with van der Waals surface area (Å²) in [4.78, 5) is 10.8. The van der Waals surface area contributed by atoms with E-state index < -0.39 is 5.91 Å². The minimum Gasteiger partial charge on any atom is -1.00 e. The number of hydrogen-bond donors (Lipinski definition) is 0. The number of carbonyl (C=O) groups is 1. The standard InChI is InChI=1S/C9H11NO.C9H7.C2H6Si.2ClH.Ti/c1-6-4-3-5-7(2)8(6)9(10)11;1-2-5-9-7-3-6-8(9)4-1;1-3-2;;;/h3-5H,1-2H3,(H2,10,11);1-7H;1-2H3;2*1H;/q;-1;;;;+4/p-3. The molecule has 1 amide bonds. The van der Waals surface area contributed by atoms with E-state index in [2.05, 4.69) is 55.6 Å². The van der Waals surface area contributed by atoms with Crippen molar-refractivity contribution in [1.29, 1.82) is 0 Å². The monoisotopic (exact) mass is 439 g/mol. The van der Waals surface area contributed by atoms with Gasteiger partial charge in [-0.2, -0.15) is 17.5 Å². The van der Waals surface area contributed by atoms with E-state index in [9.17, 15) is 4.79 Å². The zero-order valence-corrected chi connectivity index (χ0v) is 19.5. The number of carbonyl (C=O) groups excluding carboxylic acids is 1. The summed E-state index contributed by atoms with van der Waals surface area (Å²) in [7, 11) is 1.08. The summed E-state index contributed by atoms with van der Waals surface area (Å²) in [6.07, 6.45) is 0. The van der Waals surface area contributed by atoms with E-state index in [1.54, 1.807) is 0 Å².